The van der Waals surface area contributed by atoms with Crippen LogP contribution < -0.4 is 29.1 Å². The van der Waals surface area contributed by atoms with Crippen molar-refractivity contribution in [2.24, 2.45) is 4.99 Å². The number of fused-ring (bicyclic) bond motifs is 1. The highest BCUT2D eigenvalue weighted by Gasteiger charge is 2.34. The second-order valence-electron chi connectivity index (χ2n) is 9.51. The minimum Gasteiger partial charge on any atom is -0.490 e. The summed E-state index contributed by atoms with van der Waals surface area (Å²) in [7, 11) is 1.24. The van der Waals surface area contributed by atoms with Gasteiger partial charge in [0, 0.05) is 6.07 Å². The lowest BCUT2D eigenvalue weighted by atomic mass is 9.95. The topological polar surface area (TPSA) is 158 Å². The summed E-state index contributed by atoms with van der Waals surface area (Å²) in [5, 5.41) is 11.8. The summed E-state index contributed by atoms with van der Waals surface area (Å²) in [6.07, 6.45) is 2.97. The first-order valence-electron chi connectivity index (χ1n) is 13.9. The molecule has 13 nitrogen and oxygen atoms in total. The Bertz CT molecular complexity index is 1910. The van der Waals surface area contributed by atoms with E-state index < -0.39 is 28.5 Å². The van der Waals surface area contributed by atoms with Crippen molar-refractivity contribution >= 4 is 51.0 Å². The second-order valence-corrected chi connectivity index (χ2v) is 11.4. The highest BCUT2D eigenvalue weighted by Crippen LogP contribution is 2.38. The van der Waals surface area contributed by atoms with E-state index in [0.717, 1.165) is 11.3 Å². The Morgan fingerprint density at radius 2 is 1.91 bits per heavy atom. The minimum atomic E-state index is -0.970. The smallest absolute Gasteiger partial charge is 0.343 e. The van der Waals surface area contributed by atoms with Gasteiger partial charge in [0.2, 0.25) is 5.75 Å². The number of hydrogen-bond acceptors (Lipinski definition) is 12. The quantitative estimate of drug-likeness (QED) is 0.110. The monoisotopic (exact) mass is 715 g/mol. The van der Waals surface area contributed by atoms with Crippen molar-refractivity contribution in [3.8, 4) is 17.2 Å². The Balaban J connectivity index is 1.91. The number of thiazole rings is 1. The van der Waals surface area contributed by atoms with E-state index in [0.29, 0.717) is 26.1 Å². The van der Waals surface area contributed by atoms with Gasteiger partial charge in [0.1, 0.15) is 6.61 Å². The Labute approximate surface area is 275 Å². The van der Waals surface area contributed by atoms with Gasteiger partial charge >= 0.3 is 17.6 Å². The lowest BCUT2D eigenvalue weighted by Crippen LogP contribution is -2.40. The predicted molar refractivity (Wildman–Crippen MR) is 172 cm³/mol. The first-order chi connectivity index (χ1) is 22.0. The minimum absolute atomic E-state index is 0.0299. The molecule has 0 spiro atoms. The lowest BCUT2D eigenvalue weighted by molar-refractivity contribution is -0.385. The molecule has 0 unspecified atom stereocenters. The van der Waals surface area contributed by atoms with Gasteiger partial charge in [0.05, 0.1) is 51.6 Å². The van der Waals surface area contributed by atoms with Crippen molar-refractivity contribution in [2.75, 3.05) is 33.5 Å². The fourth-order valence-corrected chi connectivity index (χ4v) is 6.27. The van der Waals surface area contributed by atoms with Gasteiger partial charge in [-0.15, -0.1) is 0 Å². The average Bonchev–Trinajstić information content (AvgIpc) is 3.32. The van der Waals surface area contributed by atoms with E-state index in [1.54, 1.807) is 45.0 Å². The van der Waals surface area contributed by atoms with Crippen molar-refractivity contribution in [2.45, 2.75) is 26.8 Å². The molecule has 0 saturated heterocycles. The van der Waals surface area contributed by atoms with E-state index in [4.69, 9.17) is 18.9 Å². The van der Waals surface area contributed by atoms with Crippen LogP contribution in [0.25, 0.3) is 6.08 Å². The number of rotatable bonds is 13. The summed E-state index contributed by atoms with van der Waals surface area (Å²) in [6.45, 7) is 8.72. The number of ether oxygens (including phenoxy) is 5. The van der Waals surface area contributed by atoms with Crippen LogP contribution in [0.2, 0.25) is 0 Å². The number of methoxy groups -OCH3 is 1. The Morgan fingerprint density at radius 3 is 2.57 bits per heavy atom. The number of esters is 2. The first-order valence-corrected chi connectivity index (χ1v) is 15.5. The SMILES string of the molecule is C=CCOc1c(Br)cc(/C=c2/sc3n(c2=O)[C@@H](c2ccc(OCC(=O)OC)c(OCC)c2)C(C(=O)OCC)=C(C)N=3)cc1[N+](=O)[O-]. The molecule has 0 bridgehead atoms. The number of carbonyl (C=O) groups excluding carboxylic acids is 2. The number of benzene rings is 2. The van der Waals surface area contributed by atoms with Crippen LogP contribution in [0.3, 0.4) is 0 Å². The number of aromatic nitrogens is 1. The van der Waals surface area contributed by atoms with E-state index in [2.05, 4.69) is 32.2 Å². The summed E-state index contributed by atoms with van der Waals surface area (Å²) >= 11 is 4.39. The fourth-order valence-electron chi connectivity index (χ4n) is 4.64. The van der Waals surface area contributed by atoms with Crippen LogP contribution in [-0.2, 0) is 19.1 Å². The molecule has 0 N–H and O–H groups in total. The summed E-state index contributed by atoms with van der Waals surface area (Å²) in [4.78, 5) is 55.1. The number of carbonyl (C=O) groups is 2. The zero-order chi connectivity index (χ0) is 33.5. The van der Waals surface area contributed by atoms with E-state index >= 15 is 0 Å². The third kappa shape index (κ3) is 7.21. The molecule has 1 aliphatic rings. The predicted octanol–water partition coefficient (Wildman–Crippen LogP) is 3.98. The van der Waals surface area contributed by atoms with Gasteiger partial charge < -0.3 is 23.7 Å². The van der Waals surface area contributed by atoms with Crippen LogP contribution in [0.15, 0.2) is 68.5 Å². The largest absolute Gasteiger partial charge is 0.490 e. The Kier molecular flexibility index (Phi) is 11.1. The standard InChI is InChI=1S/C31H30BrN3O10S/c1-6-11-44-28-20(32)12-18(13-21(28)35(39)40)14-24-29(37)34-27(26(30(38)43-8-3)17(4)33-31(34)46-24)19-9-10-22(23(15-19)42-7-2)45-16-25(36)41-5/h6,9-10,12-15,27H,1,7-8,11,16H2,2-5H3/b24-14+/t27-/m0/s1. The third-order valence-electron chi connectivity index (χ3n) is 6.56. The Hall–Kier alpha value is -4.76. The molecule has 0 saturated carbocycles. The molecule has 46 heavy (non-hydrogen) atoms. The molecule has 0 fully saturated rings. The van der Waals surface area contributed by atoms with Gasteiger partial charge in [-0.3, -0.25) is 19.5 Å². The zero-order valence-corrected chi connectivity index (χ0v) is 27.8. The second kappa shape index (κ2) is 15.0. The number of halogens is 1. The van der Waals surface area contributed by atoms with Gasteiger partial charge in [-0.05, 0) is 72.1 Å². The molecule has 4 rings (SSSR count). The summed E-state index contributed by atoms with van der Waals surface area (Å²) < 4.78 is 28.8. The summed E-state index contributed by atoms with van der Waals surface area (Å²) in [5.74, 6) is -0.670. The van der Waals surface area contributed by atoms with Crippen LogP contribution >= 0.6 is 27.3 Å². The van der Waals surface area contributed by atoms with Gasteiger partial charge in [-0.25, -0.2) is 14.6 Å². The van der Waals surface area contributed by atoms with Gasteiger partial charge in [0.15, 0.2) is 22.9 Å². The molecule has 0 radical (unpaired) electrons. The van der Waals surface area contributed by atoms with Crippen LogP contribution in [0, 0.1) is 10.1 Å². The highest BCUT2D eigenvalue weighted by atomic mass is 79.9. The molecule has 242 valence electrons. The van der Waals surface area contributed by atoms with Crippen LogP contribution in [0.1, 0.15) is 37.9 Å². The molecule has 1 aromatic heterocycles. The molecular formula is C31H30BrN3O10S. The molecule has 1 aliphatic heterocycles. The van der Waals surface area contributed by atoms with E-state index in [1.807, 2.05) is 0 Å². The van der Waals surface area contributed by atoms with Crippen molar-refractivity contribution < 1.29 is 38.2 Å². The summed E-state index contributed by atoms with van der Waals surface area (Å²) in [5.41, 5.74) is 0.555. The maximum atomic E-state index is 14.1. The van der Waals surface area contributed by atoms with Crippen molar-refractivity contribution in [3.05, 3.63) is 99.7 Å². The molecule has 15 heteroatoms. The lowest BCUT2D eigenvalue weighted by Gasteiger charge is -2.25. The van der Waals surface area contributed by atoms with Gasteiger partial charge in [-0.1, -0.05) is 30.1 Å². The van der Waals surface area contributed by atoms with E-state index in [-0.39, 0.29) is 59.5 Å². The molecular weight excluding hydrogens is 686 g/mol. The molecule has 2 heterocycles. The van der Waals surface area contributed by atoms with Gasteiger partial charge in [0.25, 0.3) is 5.56 Å². The highest BCUT2D eigenvalue weighted by molar-refractivity contribution is 9.10. The van der Waals surface area contributed by atoms with Crippen molar-refractivity contribution in [1.29, 1.82) is 0 Å². The molecule has 0 aliphatic carbocycles. The first kappa shape index (κ1) is 34.1. The maximum absolute atomic E-state index is 14.1. The molecule has 2 aromatic carbocycles. The van der Waals surface area contributed by atoms with Crippen LogP contribution in [0.4, 0.5) is 5.69 Å². The number of hydrogen-bond donors (Lipinski definition) is 0. The molecule has 3 aromatic rings. The number of allylic oxidation sites excluding steroid dienone is 1. The maximum Gasteiger partial charge on any atom is 0.343 e. The molecule has 0 amide bonds. The van der Waals surface area contributed by atoms with E-state index in [9.17, 15) is 24.5 Å². The van der Waals surface area contributed by atoms with Crippen LogP contribution in [-0.4, -0.2) is 55.0 Å². The molecule has 1 atom stereocenters. The Morgan fingerprint density at radius 1 is 1.15 bits per heavy atom. The van der Waals surface area contributed by atoms with Crippen molar-refractivity contribution in [1.82, 2.24) is 4.57 Å². The van der Waals surface area contributed by atoms with Crippen LogP contribution in [0.5, 0.6) is 17.2 Å². The fraction of sp³-hybridized carbons (Fsp3) is 0.290. The number of nitro groups is 1. The third-order valence-corrected chi connectivity index (χ3v) is 8.13. The number of nitrogens with zero attached hydrogens (tertiary/aromatic N) is 3. The average molecular weight is 717 g/mol. The zero-order valence-electron chi connectivity index (χ0n) is 25.4. The van der Waals surface area contributed by atoms with Crippen molar-refractivity contribution in [3.63, 3.8) is 0 Å². The van der Waals surface area contributed by atoms with E-state index in [1.165, 1.54) is 29.9 Å². The normalized spacial score (nSPS) is 14.2. The van der Waals surface area contributed by atoms with Gasteiger partial charge in [-0.2, -0.15) is 0 Å². The number of nitro benzene ring substituents is 1. The summed E-state index contributed by atoms with van der Waals surface area (Å²) in [6, 6.07) is 6.77.